The first kappa shape index (κ1) is 16.0. The Kier molecular flexibility index (Phi) is 4.32. The molecule has 0 spiro atoms. The Morgan fingerprint density at radius 2 is 1.76 bits per heavy atom. The molecule has 25 heavy (non-hydrogen) atoms. The lowest BCUT2D eigenvalue weighted by Gasteiger charge is -2.24. The number of rotatable bonds is 3. The van der Waals surface area contributed by atoms with Crippen LogP contribution in [0.25, 0.3) is 5.69 Å². The Labute approximate surface area is 151 Å². The lowest BCUT2D eigenvalue weighted by atomic mass is 10.1. The number of nitrogens with zero attached hydrogens (tertiary/aromatic N) is 3. The number of aromatic nitrogens is 2. The van der Waals surface area contributed by atoms with Crippen molar-refractivity contribution in [1.82, 2.24) is 14.7 Å². The predicted octanol–water partition coefficient (Wildman–Crippen LogP) is 4.07. The van der Waals surface area contributed by atoms with E-state index in [9.17, 15) is 4.79 Å². The van der Waals surface area contributed by atoms with Crippen LogP contribution in [0.3, 0.4) is 0 Å². The zero-order valence-electron chi connectivity index (χ0n) is 14.0. The van der Waals surface area contributed by atoms with Crippen LogP contribution in [0.2, 0.25) is 0 Å². The summed E-state index contributed by atoms with van der Waals surface area (Å²) in [6.45, 7) is 2.72. The molecule has 0 bridgehead atoms. The molecule has 1 atom stereocenters. The van der Waals surface area contributed by atoms with Gasteiger partial charge in [0.25, 0.3) is 5.91 Å². The maximum Gasteiger partial charge on any atom is 0.258 e. The van der Waals surface area contributed by atoms with Gasteiger partial charge in [0.05, 0.1) is 23.1 Å². The van der Waals surface area contributed by atoms with E-state index in [1.807, 2.05) is 76.8 Å². The third kappa shape index (κ3) is 2.96. The second kappa shape index (κ2) is 6.76. The highest BCUT2D eigenvalue weighted by Gasteiger charge is 2.32. The number of hydrogen-bond acceptors (Lipinski definition) is 3. The summed E-state index contributed by atoms with van der Waals surface area (Å²) in [5, 5.41) is 4.52. The van der Waals surface area contributed by atoms with Crippen LogP contribution in [0.1, 0.15) is 27.0 Å². The molecule has 0 aliphatic carbocycles. The summed E-state index contributed by atoms with van der Waals surface area (Å²) in [7, 11) is 0. The molecule has 5 heteroatoms. The van der Waals surface area contributed by atoms with Crippen molar-refractivity contribution in [2.75, 3.05) is 12.3 Å². The molecule has 1 aliphatic rings. The smallest absolute Gasteiger partial charge is 0.258 e. The first-order chi connectivity index (χ1) is 12.3. The molecule has 2 heterocycles. The van der Waals surface area contributed by atoms with Crippen LogP contribution in [0, 0.1) is 6.92 Å². The highest BCUT2D eigenvalue weighted by atomic mass is 32.2. The van der Waals surface area contributed by atoms with Gasteiger partial charge in [0.15, 0.2) is 0 Å². The zero-order valence-corrected chi connectivity index (χ0v) is 14.8. The van der Waals surface area contributed by atoms with Crippen LogP contribution in [-0.2, 0) is 0 Å². The standard InChI is InChI=1S/C20H19N3OS/c1-15-18(14-21-23(15)17-10-6-3-7-11-17)19(24)22-12-13-25-20(22)16-8-4-2-5-9-16/h2-11,14,20H,12-13H2,1H3. The number of amides is 1. The minimum atomic E-state index is 0.0542. The Hall–Kier alpha value is -2.53. The predicted molar refractivity (Wildman–Crippen MR) is 101 cm³/mol. The van der Waals surface area contributed by atoms with Gasteiger partial charge < -0.3 is 4.90 Å². The van der Waals surface area contributed by atoms with Crippen LogP contribution >= 0.6 is 11.8 Å². The van der Waals surface area contributed by atoms with Crippen LogP contribution in [0.4, 0.5) is 0 Å². The third-order valence-corrected chi connectivity index (χ3v) is 5.74. The summed E-state index contributed by atoms with van der Waals surface area (Å²) in [5.74, 6) is 1.01. The maximum atomic E-state index is 13.2. The van der Waals surface area contributed by atoms with Gasteiger partial charge in [0, 0.05) is 12.3 Å². The van der Waals surface area contributed by atoms with Gasteiger partial charge in [-0.3, -0.25) is 4.79 Å². The molecular weight excluding hydrogens is 330 g/mol. The second-order valence-corrected chi connectivity index (χ2v) is 7.21. The fraction of sp³-hybridized carbons (Fsp3) is 0.200. The summed E-state index contributed by atoms with van der Waals surface area (Å²) in [6, 6.07) is 20.1. The molecule has 4 nitrogen and oxygen atoms in total. The summed E-state index contributed by atoms with van der Waals surface area (Å²) in [5.41, 5.74) is 3.69. The van der Waals surface area contributed by atoms with Gasteiger partial charge in [-0.1, -0.05) is 48.5 Å². The van der Waals surface area contributed by atoms with Crippen LogP contribution in [-0.4, -0.2) is 32.9 Å². The molecule has 2 aromatic carbocycles. The number of para-hydroxylation sites is 1. The SMILES string of the molecule is Cc1c(C(=O)N2CCSC2c2ccccc2)cnn1-c1ccccc1. The van der Waals surface area contributed by atoms with Crippen LogP contribution < -0.4 is 0 Å². The Bertz CT molecular complexity index is 876. The lowest BCUT2D eigenvalue weighted by molar-refractivity contribution is 0.0759. The van der Waals surface area contributed by atoms with Crippen molar-refractivity contribution in [3.63, 3.8) is 0 Å². The molecule has 1 unspecified atom stereocenters. The molecule has 1 aliphatic heterocycles. The van der Waals surface area contributed by atoms with Gasteiger partial charge in [0.2, 0.25) is 0 Å². The molecule has 1 saturated heterocycles. The van der Waals surface area contributed by atoms with Crippen LogP contribution in [0.15, 0.2) is 66.9 Å². The average Bonchev–Trinajstić information content (AvgIpc) is 3.29. The van der Waals surface area contributed by atoms with Crippen molar-refractivity contribution in [3.05, 3.63) is 83.7 Å². The van der Waals surface area contributed by atoms with Gasteiger partial charge in [0.1, 0.15) is 5.37 Å². The van der Waals surface area contributed by atoms with Crippen molar-refractivity contribution in [1.29, 1.82) is 0 Å². The van der Waals surface area contributed by atoms with Crippen LogP contribution in [0.5, 0.6) is 0 Å². The van der Waals surface area contributed by atoms with E-state index in [4.69, 9.17) is 0 Å². The average molecular weight is 349 g/mol. The number of carbonyl (C=O) groups excluding carboxylic acids is 1. The first-order valence-electron chi connectivity index (χ1n) is 8.33. The van der Waals surface area contributed by atoms with E-state index in [1.54, 1.807) is 6.20 Å². The van der Waals surface area contributed by atoms with Crippen molar-refractivity contribution < 1.29 is 4.79 Å². The van der Waals surface area contributed by atoms with Crippen molar-refractivity contribution in [3.8, 4) is 5.69 Å². The fourth-order valence-electron chi connectivity index (χ4n) is 3.18. The molecular formula is C20H19N3OS. The van der Waals surface area contributed by atoms with E-state index in [2.05, 4.69) is 17.2 Å². The van der Waals surface area contributed by atoms with Crippen molar-refractivity contribution in [2.45, 2.75) is 12.3 Å². The van der Waals surface area contributed by atoms with Gasteiger partial charge in [-0.05, 0) is 24.6 Å². The Morgan fingerprint density at radius 3 is 2.48 bits per heavy atom. The van der Waals surface area contributed by atoms with E-state index in [0.717, 1.165) is 23.7 Å². The van der Waals surface area contributed by atoms with Gasteiger partial charge in [-0.15, -0.1) is 11.8 Å². The molecule has 1 amide bonds. The number of benzene rings is 2. The fourth-order valence-corrected chi connectivity index (χ4v) is 4.43. The largest absolute Gasteiger partial charge is 0.322 e. The first-order valence-corrected chi connectivity index (χ1v) is 9.38. The monoisotopic (exact) mass is 349 g/mol. The number of hydrogen-bond donors (Lipinski definition) is 0. The minimum absolute atomic E-state index is 0.0542. The lowest BCUT2D eigenvalue weighted by Crippen LogP contribution is -2.30. The Balaban J connectivity index is 1.64. The molecule has 0 saturated carbocycles. The number of thioether (sulfide) groups is 1. The van der Waals surface area contributed by atoms with E-state index in [-0.39, 0.29) is 11.3 Å². The summed E-state index contributed by atoms with van der Waals surface area (Å²) in [4.78, 5) is 15.1. The molecule has 4 rings (SSSR count). The van der Waals surface area contributed by atoms with Crippen molar-refractivity contribution >= 4 is 17.7 Å². The van der Waals surface area contributed by atoms with Gasteiger partial charge in [-0.25, -0.2) is 4.68 Å². The molecule has 0 radical (unpaired) electrons. The quantitative estimate of drug-likeness (QED) is 0.715. The highest BCUT2D eigenvalue weighted by molar-refractivity contribution is 7.99. The van der Waals surface area contributed by atoms with Gasteiger partial charge in [-0.2, -0.15) is 5.10 Å². The molecule has 126 valence electrons. The van der Waals surface area contributed by atoms with E-state index >= 15 is 0 Å². The summed E-state index contributed by atoms with van der Waals surface area (Å²) >= 11 is 1.81. The van der Waals surface area contributed by atoms with E-state index < -0.39 is 0 Å². The Morgan fingerprint density at radius 1 is 1.08 bits per heavy atom. The topological polar surface area (TPSA) is 38.1 Å². The minimum Gasteiger partial charge on any atom is -0.322 e. The summed E-state index contributed by atoms with van der Waals surface area (Å²) < 4.78 is 1.83. The normalized spacial score (nSPS) is 17.0. The molecule has 3 aromatic rings. The van der Waals surface area contributed by atoms with Crippen molar-refractivity contribution in [2.24, 2.45) is 0 Å². The van der Waals surface area contributed by atoms with Gasteiger partial charge >= 0.3 is 0 Å². The second-order valence-electron chi connectivity index (χ2n) is 6.02. The molecule has 0 N–H and O–H groups in total. The molecule has 1 fully saturated rings. The van der Waals surface area contributed by atoms with E-state index in [0.29, 0.717) is 5.56 Å². The summed E-state index contributed by atoms with van der Waals surface area (Å²) in [6.07, 6.45) is 1.69. The highest BCUT2D eigenvalue weighted by Crippen LogP contribution is 2.38. The molecule has 1 aromatic heterocycles. The maximum absolute atomic E-state index is 13.2. The number of carbonyl (C=O) groups is 1. The van der Waals surface area contributed by atoms with E-state index in [1.165, 1.54) is 5.56 Å². The zero-order chi connectivity index (χ0) is 17.2. The third-order valence-electron chi connectivity index (χ3n) is 4.48.